The van der Waals surface area contributed by atoms with Crippen molar-refractivity contribution in [1.29, 1.82) is 0 Å². The molecule has 0 saturated carbocycles. The second kappa shape index (κ2) is 10.6. The van der Waals surface area contributed by atoms with Gasteiger partial charge in [0.25, 0.3) is 10.0 Å². The fourth-order valence-corrected chi connectivity index (χ4v) is 4.44. The van der Waals surface area contributed by atoms with Gasteiger partial charge in [0.05, 0.1) is 16.1 Å². The lowest BCUT2D eigenvalue weighted by atomic mass is 10.2. The van der Waals surface area contributed by atoms with E-state index in [-0.39, 0.29) is 28.3 Å². The third-order valence-corrected chi connectivity index (χ3v) is 7.06. The van der Waals surface area contributed by atoms with Gasteiger partial charge in [-0.15, -0.1) is 0 Å². The summed E-state index contributed by atoms with van der Waals surface area (Å²) >= 11 is 0. The van der Waals surface area contributed by atoms with E-state index in [2.05, 4.69) is 5.32 Å². The highest BCUT2D eigenvalue weighted by atomic mass is 32.2. The number of anilines is 2. The molecular weight excluding hydrogens is 466 g/mol. The number of benzene rings is 3. The number of rotatable bonds is 7. The molecule has 0 aliphatic rings. The summed E-state index contributed by atoms with van der Waals surface area (Å²) in [5, 5.41) is 2.80. The monoisotopic (exact) mass is 495 g/mol. The van der Waals surface area contributed by atoms with Gasteiger partial charge in [0.2, 0.25) is 0 Å². The molecule has 0 saturated heterocycles. The summed E-state index contributed by atoms with van der Waals surface area (Å²) in [6, 6.07) is 19.0. The molecule has 2 amide bonds. The number of esters is 1. The van der Waals surface area contributed by atoms with Crippen molar-refractivity contribution in [1.82, 2.24) is 5.32 Å². The number of urea groups is 1. The molecule has 0 bridgehead atoms. The third kappa shape index (κ3) is 6.19. The number of hydrogen-bond donors (Lipinski definition) is 1. The van der Waals surface area contributed by atoms with Crippen molar-refractivity contribution < 1.29 is 22.7 Å². The van der Waals surface area contributed by atoms with Crippen LogP contribution in [-0.4, -0.2) is 40.6 Å². The molecular formula is C26H29N3O5S. The van der Waals surface area contributed by atoms with Crippen LogP contribution >= 0.6 is 0 Å². The Bertz CT molecular complexity index is 1300. The van der Waals surface area contributed by atoms with Crippen molar-refractivity contribution in [3.8, 4) is 5.75 Å². The molecule has 0 spiro atoms. The molecule has 0 heterocycles. The molecule has 0 radical (unpaired) electrons. The van der Waals surface area contributed by atoms with E-state index in [0.717, 1.165) is 5.56 Å². The number of ether oxygens (including phenoxy) is 1. The minimum absolute atomic E-state index is 0.00133. The lowest BCUT2D eigenvalue weighted by molar-refractivity contribution is 0.0734. The van der Waals surface area contributed by atoms with Crippen LogP contribution in [0, 0.1) is 6.92 Å². The van der Waals surface area contributed by atoms with Crippen LogP contribution in [-0.2, 0) is 10.0 Å². The maximum absolute atomic E-state index is 13.1. The van der Waals surface area contributed by atoms with E-state index in [0.29, 0.717) is 11.4 Å². The Labute approximate surface area is 206 Å². The molecule has 0 aliphatic carbocycles. The van der Waals surface area contributed by atoms with Gasteiger partial charge in [0, 0.05) is 25.8 Å². The Hall–Kier alpha value is -3.85. The highest BCUT2D eigenvalue weighted by Gasteiger charge is 2.23. The zero-order chi connectivity index (χ0) is 25.8. The molecule has 184 valence electrons. The van der Waals surface area contributed by atoms with Crippen molar-refractivity contribution in [2.45, 2.75) is 31.7 Å². The second-order valence-corrected chi connectivity index (χ2v) is 10.4. The Morgan fingerprint density at radius 1 is 0.886 bits per heavy atom. The van der Waals surface area contributed by atoms with Gasteiger partial charge in [-0.2, -0.15) is 0 Å². The van der Waals surface area contributed by atoms with Crippen LogP contribution in [0.25, 0.3) is 0 Å². The van der Waals surface area contributed by atoms with Gasteiger partial charge in [-0.05, 0) is 75.4 Å². The number of sulfonamides is 1. The minimum Gasteiger partial charge on any atom is -0.423 e. The van der Waals surface area contributed by atoms with E-state index in [9.17, 15) is 18.0 Å². The van der Waals surface area contributed by atoms with Crippen LogP contribution in [0.5, 0.6) is 5.75 Å². The van der Waals surface area contributed by atoms with Gasteiger partial charge in [-0.3, -0.25) is 9.21 Å². The first kappa shape index (κ1) is 25.8. The van der Waals surface area contributed by atoms with Crippen molar-refractivity contribution in [3.05, 3.63) is 83.9 Å². The summed E-state index contributed by atoms with van der Waals surface area (Å²) in [6.07, 6.45) is 0. The van der Waals surface area contributed by atoms with Gasteiger partial charge in [-0.1, -0.05) is 23.8 Å². The number of carbonyl (C=O) groups excluding carboxylic acids is 2. The molecule has 3 aromatic carbocycles. The average Bonchev–Trinajstić information content (AvgIpc) is 2.83. The van der Waals surface area contributed by atoms with E-state index in [1.54, 1.807) is 43.4 Å². The predicted molar refractivity (Wildman–Crippen MR) is 137 cm³/mol. The first-order valence-electron chi connectivity index (χ1n) is 11.0. The largest absolute Gasteiger partial charge is 0.423 e. The van der Waals surface area contributed by atoms with E-state index in [4.69, 9.17) is 4.74 Å². The van der Waals surface area contributed by atoms with Crippen molar-refractivity contribution >= 4 is 33.4 Å². The summed E-state index contributed by atoms with van der Waals surface area (Å²) in [5.74, 6) is -0.430. The van der Waals surface area contributed by atoms with E-state index in [1.807, 2.05) is 32.9 Å². The number of nitrogens with zero attached hydrogens (tertiary/aromatic N) is 2. The van der Waals surface area contributed by atoms with Crippen molar-refractivity contribution in [2.24, 2.45) is 0 Å². The SMILES string of the molecule is Cc1ccc(N(C)S(=O)(=O)c2cccc(C(=O)Oc3ccc(N(C)C(=O)NC(C)C)cc3)c2)cc1. The van der Waals surface area contributed by atoms with E-state index in [1.165, 1.54) is 40.5 Å². The number of carbonyl (C=O) groups is 2. The van der Waals surface area contributed by atoms with Crippen LogP contribution in [0.2, 0.25) is 0 Å². The van der Waals surface area contributed by atoms with Crippen LogP contribution in [0.4, 0.5) is 16.2 Å². The highest BCUT2D eigenvalue weighted by molar-refractivity contribution is 7.92. The Morgan fingerprint density at radius 2 is 1.49 bits per heavy atom. The molecule has 0 unspecified atom stereocenters. The number of hydrogen-bond acceptors (Lipinski definition) is 5. The Kier molecular flexibility index (Phi) is 7.81. The zero-order valence-electron chi connectivity index (χ0n) is 20.3. The Morgan fingerprint density at radius 3 is 2.09 bits per heavy atom. The first-order chi connectivity index (χ1) is 16.5. The lowest BCUT2D eigenvalue weighted by Crippen LogP contribution is -2.40. The van der Waals surface area contributed by atoms with Crippen molar-refractivity contribution in [3.63, 3.8) is 0 Å². The average molecular weight is 496 g/mol. The maximum Gasteiger partial charge on any atom is 0.343 e. The molecule has 35 heavy (non-hydrogen) atoms. The smallest absolute Gasteiger partial charge is 0.343 e. The molecule has 0 aromatic heterocycles. The summed E-state index contributed by atoms with van der Waals surface area (Å²) in [4.78, 5) is 26.3. The number of amides is 2. The molecule has 0 fully saturated rings. The normalized spacial score (nSPS) is 11.1. The topological polar surface area (TPSA) is 96.0 Å². The standard InChI is InChI=1S/C26H29N3O5S/c1-18(2)27-26(31)28(4)21-13-15-23(16-14-21)34-25(30)20-7-6-8-24(17-20)35(32,33)29(5)22-11-9-19(3)10-12-22/h6-18H,1-5H3,(H,27,31). The predicted octanol–water partition coefficient (Wildman–Crippen LogP) is 4.59. The van der Waals surface area contributed by atoms with Gasteiger partial charge >= 0.3 is 12.0 Å². The Balaban J connectivity index is 1.74. The minimum atomic E-state index is -3.88. The summed E-state index contributed by atoms with van der Waals surface area (Å²) < 4.78 is 32.8. The summed E-state index contributed by atoms with van der Waals surface area (Å²) in [6.45, 7) is 5.66. The summed E-state index contributed by atoms with van der Waals surface area (Å²) in [5.41, 5.74) is 2.24. The molecule has 0 aliphatic heterocycles. The van der Waals surface area contributed by atoms with E-state index >= 15 is 0 Å². The first-order valence-corrected chi connectivity index (χ1v) is 12.4. The second-order valence-electron chi connectivity index (χ2n) is 8.38. The maximum atomic E-state index is 13.1. The molecule has 9 heteroatoms. The number of nitrogens with one attached hydrogen (secondary N) is 1. The van der Waals surface area contributed by atoms with Crippen LogP contribution in [0.1, 0.15) is 29.8 Å². The molecule has 3 aromatic rings. The van der Waals surface area contributed by atoms with Gasteiger partial charge in [0.15, 0.2) is 0 Å². The highest BCUT2D eigenvalue weighted by Crippen LogP contribution is 2.24. The molecule has 1 N–H and O–H groups in total. The molecule has 8 nitrogen and oxygen atoms in total. The zero-order valence-corrected chi connectivity index (χ0v) is 21.2. The third-order valence-electron chi connectivity index (χ3n) is 5.28. The van der Waals surface area contributed by atoms with Gasteiger partial charge in [0.1, 0.15) is 5.75 Å². The van der Waals surface area contributed by atoms with Crippen LogP contribution in [0.15, 0.2) is 77.7 Å². The molecule has 0 atom stereocenters. The van der Waals surface area contributed by atoms with Crippen LogP contribution in [0.3, 0.4) is 0 Å². The van der Waals surface area contributed by atoms with Crippen LogP contribution < -0.4 is 19.3 Å². The lowest BCUT2D eigenvalue weighted by Gasteiger charge is -2.20. The number of aryl methyl sites for hydroxylation is 1. The van der Waals surface area contributed by atoms with Crippen molar-refractivity contribution in [2.75, 3.05) is 23.3 Å². The van der Waals surface area contributed by atoms with E-state index < -0.39 is 16.0 Å². The fourth-order valence-electron chi connectivity index (χ4n) is 3.20. The quantitative estimate of drug-likeness (QED) is 0.382. The van der Waals surface area contributed by atoms with Gasteiger partial charge < -0.3 is 10.1 Å². The summed E-state index contributed by atoms with van der Waals surface area (Å²) in [7, 11) is -0.783. The van der Waals surface area contributed by atoms with Gasteiger partial charge in [-0.25, -0.2) is 18.0 Å². The molecule has 3 rings (SSSR count). The fraction of sp³-hybridized carbons (Fsp3) is 0.231.